The molecule has 0 unspecified atom stereocenters. The summed E-state index contributed by atoms with van der Waals surface area (Å²) in [6, 6.07) is 0. The van der Waals surface area contributed by atoms with E-state index in [-0.39, 0.29) is 5.41 Å². The molecule has 0 aromatic carbocycles. The van der Waals surface area contributed by atoms with Crippen molar-refractivity contribution < 1.29 is 5.11 Å². The Kier molecular flexibility index (Phi) is 3.64. The predicted molar refractivity (Wildman–Crippen MR) is 89.1 cm³/mol. The van der Waals surface area contributed by atoms with Crippen molar-refractivity contribution in [2.75, 3.05) is 6.61 Å². The molecule has 0 aromatic heterocycles. The lowest BCUT2D eigenvalue weighted by molar-refractivity contribution is -0.0415. The number of aliphatic hydroxyl groups is 1. The maximum absolute atomic E-state index is 9.99. The summed E-state index contributed by atoms with van der Waals surface area (Å²) < 4.78 is 0. The molecule has 1 nitrogen and oxygen atoms in total. The zero-order chi connectivity index (χ0) is 15.3. The molecule has 1 fully saturated rings. The summed E-state index contributed by atoms with van der Waals surface area (Å²) in [6.07, 6.45) is 12.3. The van der Waals surface area contributed by atoms with Gasteiger partial charge in [0.15, 0.2) is 0 Å². The molecule has 0 heterocycles. The first-order chi connectivity index (χ1) is 9.87. The van der Waals surface area contributed by atoms with Crippen LogP contribution in [-0.2, 0) is 0 Å². The molecule has 3 aliphatic carbocycles. The van der Waals surface area contributed by atoms with E-state index in [0.29, 0.717) is 23.4 Å². The van der Waals surface area contributed by atoms with Crippen molar-refractivity contribution in [2.45, 2.75) is 72.1 Å². The standard InChI is InChI=1S/C20H32O/c1-5-18(2)12-9-16-15(13-18)7-8-17-19(3,14-21)10-6-11-20(16,17)4/h5,17,21H,1,6-14H2,2-4H3/t17-,18-,19-,20+/m1/s1. The Morgan fingerprint density at radius 2 is 1.95 bits per heavy atom. The summed E-state index contributed by atoms with van der Waals surface area (Å²) in [6.45, 7) is 11.6. The van der Waals surface area contributed by atoms with Crippen molar-refractivity contribution in [3.05, 3.63) is 23.8 Å². The minimum Gasteiger partial charge on any atom is -0.396 e. The fourth-order valence-electron chi connectivity index (χ4n) is 5.89. The van der Waals surface area contributed by atoms with Crippen molar-refractivity contribution in [1.82, 2.24) is 0 Å². The quantitative estimate of drug-likeness (QED) is 0.687. The summed E-state index contributed by atoms with van der Waals surface area (Å²) in [5.41, 5.74) is 4.33. The lowest BCUT2D eigenvalue weighted by Gasteiger charge is -2.57. The van der Waals surface area contributed by atoms with E-state index in [2.05, 4.69) is 33.4 Å². The van der Waals surface area contributed by atoms with Crippen LogP contribution in [0.3, 0.4) is 0 Å². The van der Waals surface area contributed by atoms with E-state index in [1.165, 1.54) is 51.4 Å². The number of hydrogen-bond acceptors (Lipinski definition) is 1. The molecule has 0 aliphatic heterocycles. The Bertz CT molecular complexity index is 476. The average molecular weight is 288 g/mol. The number of hydrogen-bond donors (Lipinski definition) is 1. The highest BCUT2D eigenvalue weighted by Gasteiger charge is 2.53. The Balaban J connectivity index is 1.98. The lowest BCUT2D eigenvalue weighted by Crippen LogP contribution is -2.49. The van der Waals surface area contributed by atoms with Crippen molar-refractivity contribution in [3.8, 4) is 0 Å². The highest BCUT2D eigenvalue weighted by atomic mass is 16.3. The molecule has 0 spiro atoms. The van der Waals surface area contributed by atoms with Gasteiger partial charge in [-0.2, -0.15) is 0 Å². The highest BCUT2D eigenvalue weighted by molar-refractivity contribution is 5.32. The second-order valence-electron chi connectivity index (χ2n) is 8.79. The molecule has 0 amide bonds. The topological polar surface area (TPSA) is 20.2 Å². The van der Waals surface area contributed by atoms with Crippen LogP contribution in [0, 0.1) is 22.2 Å². The van der Waals surface area contributed by atoms with Crippen molar-refractivity contribution in [1.29, 1.82) is 0 Å². The normalized spacial score (nSPS) is 46.8. The first-order valence-corrected chi connectivity index (χ1v) is 8.83. The van der Waals surface area contributed by atoms with Gasteiger partial charge in [-0.05, 0) is 67.1 Å². The van der Waals surface area contributed by atoms with Crippen LogP contribution in [0.25, 0.3) is 0 Å². The minimum atomic E-state index is 0.144. The van der Waals surface area contributed by atoms with Crippen LogP contribution in [0.1, 0.15) is 72.1 Å². The summed E-state index contributed by atoms with van der Waals surface area (Å²) in [5, 5.41) is 9.99. The van der Waals surface area contributed by atoms with E-state index in [1.54, 1.807) is 11.1 Å². The van der Waals surface area contributed by atoms with E-state index in [9.17, 15) is 5.11 Å². The maximum Gasteiger partial charge on any atom is 0.0487 e. The first kappa shape index (κ1) is 15.3. The molecule has 118 valence electrons. The third-order valence-corrected chi connectivity index (χ3v) is 7.32. The molecule has 4 atom stereocenters. The predicted octanol–water partition coefficient (Wildman–Crippen LogP) is 5.26. The van der Waals surface area contributed by atoms with E-state index >= 15 is 0 Å². The van der Waals surface area contributed by atoms with Gasteiger partial charge in [0, 0.05) is 6.61 Å². The molecule has 1 N–H and O–H groups in total. The third-order valence-electron chi connectivity index (χ3n) is 7.32. The largest absolute Gasteiger partial charge is 0.396 e. The molecule has 3 aliphatic rings. The van der Waals surface area contributed by atoms with Crippen LogP contribution < -0.4 is 0 Å². The first-order valence-electron chi connectivity index (χ1n) is 8.83. The summed E-state index contributed by atoms with van der Waals surface area (Å²) in [7, 11) is 0. The Morgan fingerprint density at radius 1 is 1.19 bits per heavy atom. The zero-order valence-corrected chi connectivity index (χ0v) is 14.2. The number of fused-ring (bicyclic) bond motifs is 2. The average Bonchev–Trinajstić information content (AvgIpc) is 2.46. The molecular formula is C20H32O. The van der Waals surface area contributed by atoms with Crippen LogP contribution in [-0.4, -0.2) is 11.7 Å². The zero-order valence-electron chi connectivity index (χ0n) is 14.2. The molecule has 1 heteroatoms. The Hall–Kier alpha value is -0.560. The molecule has 1 saturated carbocycles. The molecule has 0 saturated heterocycles. The third kappa shape index (κ3) is 2.23. The lowest BCUT2D eigenvalue weighted by atomic mass is 9.47. The SMILES string of the molecule is C=C[C@]1(C)CCC2=C(CC[C@@H]3[C@@](C)(CO)CCC[C@@]23C)C1. The Labute approximate surface area is 130 Å². The van der Waals surface area contributed by atoms with E-state index in [4.69, 9.17) is 0 Å². The minimum absolute atomic E-state index is 0.144. The molecule has 0 aromatic rings. The van der Waals surface area contributed by atoms with Gasteiger partial charge in [-0.1, -0.05) is 44.4 Å². The van der Waals surface area contributed by atoms with E-state index in [0.717, 1.165) is 0 Å². The molecular weight excluding hydrogens is 256 g/mol. The van der Waals surface area contributed by atoms with Gasteiger partial charge < -0.3 is 5.11 Å². The van der Waals surface area contributed by atoms with Gasteiger partial charge in [0.2, 0.25) is 0 Å². The smallest absolute Gasteiger partial charge is 0.0487 e. The summed E-state index contributed by atoms with van der Waals surface area (Å²) >= 11 is 0. The summed E-state index contributed by atoms with van der Waals surface area (Å²) in [4.78, 5) is 0. The van der Waals surface area contributed by atoms with Gasteiger partial charge in [0.1, 0.15) is 0 Å². The molecule has 21 heavy (non-hydrogen) atoms. The summed E-state index contributed by atoms with van der Waals surface area (Å²) in [5.74, 6) is 0.676. The number of aliphatic hydroxyl groups excluding tert-OH is 1. The van der Waals surface area contributed by atoms with Crippen molar-refractivity contribution in [3.63, 3.8) is 0 Å². The van der Waals surface area contributed by atoms with Crippen molar-refractivity contribution >= 4 is 0 Å². The van der Waals surface area contributed by atoms with Gasteiger partial charge >= 0.3 is 0 Å². The fourth-order valence-corrected chi connectivity index (χ4v) is 5.89. The van der Waals surface area contributed by atoms with Crippen LogP contribution in [0.15, 0.2) is 23.8 Å². The maximum atomic E-state index is 9.99. The number of rotatable bonds is 2. The second kappa shape index (κ2) is 4.98. The number of allylic oxidation sites excluding steroid dienone is 3. The van der Waals surface area contributed by atoms with Crippen LogP contribution >= 0.6 is 0 Å². The monoisotopic (exact) mass is 288 g/mol. The fraction of sp³-hybridized carbons (Fsp3) is 0.800. The van der Waals surface area contributed by atoms with Gasteiger partial charge in [0.05, 0.1) is 0 Å². The van der Waals surface area contributed by atoms with Crippen LogP contribution in [0.5, 0.6) is 0 Å². The van der Waals surface area contributed by atoms with Gasteiger partial charge in [-0.25, -0.2) is 0 Å². The van der Waals surface area contributed by atoms with Gasteiger partial charge in [-0.15, -0.1) is 6.58 Å². The van der Waals surface area contributed by atoms with Crippen molar-refractivity contribution in [2.24, 2.45) is 22.2 Å². The second-order valence-corrected chi connectivity index (χ2v) is 8.79. The van der Waals surface area contributed by atoms with Crippen LogP contribution in [0.2, 0.25) is 0 Å². The van der Waals surface area contributed by atoms with Crippen LogP contribution in [0.4, 0.5) is 0 Å². The van der Waals surface area contributed by atoms with E-state index < -0.39 is 0 Å². The molecule has 0 radical (unpaired) electrons. The molecule has 0 bridgehead atoms. The van der Waals surface area contributed by atoms with Gasteiger partial charge in [-0.3, -0.25) is 0 Å². The molecule has 3 rings (SSSR count). The van der Waals surface area contributed by atoms with E-state index in [1.807, 2.05) is 0 Å². The Morgan fingerprint density at radius 3 is 2.62 bits per heavy atom. The van der Waals surface area contributed by atoms with Gasteiger partial charge in [0.25, 0.3) is 0 Å². The highest BCUT2D eigenvalue weighted by Crippen LogP contribution is 2.62.